The van der Waals surface area contributed by atoms with E-state index in [1.807, 2.05) is 14.0 Å². The summed E-state index contributed by atoms with van der Waals surface area (Å²) in [4.78, 5) is 13.4. The number of rotatable bonds is 4. The van der Waals surface area contributed by atoms with Gasteiger partial charge in [0, 0.05) is 20.2 Å². The Morgan fingerprint density at radius 2 is 1.69 bits per heavy atom. The number of carbonyl (C=O) groups is 1. The topological polar surface area (TPSA) is 29.5 Å². The molecule has 0 aliphatic rings. The van der Waals surface area contributed by atoms with Gasteiger partial charge in [0.25, 0.3) is 5.91 Å². The summed E-state index contributed by atoms with van der Waals surface area (Å²) in [5.41, 5.74) is 0. The summed E-state index contributed by atoms with van der Waals surface area (Å²) in [6.07, 6.45) is -0.341. The van der Waals surface area contributed by atoms with Gasteiger partial charge in [-0.1, -0.05) is 13.8 Å². The van der Waals surface area contributed by atoms with Gasteiger partial charge < -0.3 is 9.64 Å². The van der Waals surface area contributed by atoms with E-state index in [1.54, 1.807) is 18.9 Å². The number of methoxy groups -OCH3 is 1. The molecule has 3 heteroatoms. The first kappa shape index (κ1) is 12.4. The van der Waals surface area contributed by atoms with Crippen molar-refractivity contribution in [1.29, 1.82) is 0 Å². The Morgan fingerprint density at radius 3 is 2.00 bits per heavy atom. The number of hydrogen-bond acceptors (Lipinski definition) is 2. The summed E-state index contributed by atoms with van der Waals surface area (Å²) in [6.45, 7) is 8.02. The zero-order chi connectivity index (χ0) is 10.6. The number of hydrogen-bond donors (Lipinski definition) is 0. The molecule has 0 aromatic heterocycles. The second-order valence-corrected chi connectivity index (χ2v) is 3.81. The maximum atomic E-state index is 11.6. The van der Waals surface area contributed by atoms with Gasteiger partial charge in [0.2, 0.25) is 0 Å². The molecule has 0 aliphatic heterocycles. The number of nitrogens with zero attached hydrogens (tertiary/aromatic N) is 1. The Hall–Kier alpha value is -0.570. The molecular weight excluding hydrogens is 166 g/mol. The van der Waals surface area contributed by atoms with Crippen LogP contribution in [0.4, 0.5) is 0 Å². The summed E-state index contributed by atoms with van der Waals surface area (Å²) in [7, 11) is 3.37. The normalized spacial score (nSPS) is 15.6. The van der Waals surface area contributed by atoms with Crippen LogP contribution in [0.5, 0.6) is 0 Å². The number of likely N-dealkylation sites (N-methyl/N-ethyl adjacent to an activating group) is 1. The van der Waals surface area contributed by atoms with Crippen molar-refractivity contribution in [3.8, 4) is 0 Å². The molecule has 1 amide bonds. The Balaban J connectivity index is 4.25. The van der Waals surface area contributed by atoms with E-state index in [2.05, 4.69) is 13.8 Å². The highest BCUT2D eigenvalue weighted by Gasteiger charge is 2.22. The first-order chi connectivity index (χ1) is 5.91. The van der Waals surface area contributed by atoms with Crippen LogP contribution >= 0.6 is 0 Å². The van der Waals surface area contributed by atoms with Crippen molar-refractivity contribution in [2.75, 3.05) is 14.2 Å². The molecule has 78 valence electrons. The Bertz CT molecular complexity index is 168. The minimum absolute atomic E-state index is 0.0451. The van der Waals surface area contributed by atoms with Crippen molar-refractivity contribution in [2.45, 2.75) is 39.8 Å². The van der Waals surface area contributed by atoms with Crippen LogP contribution in [0.3, 0.4) is 0 Å². The van der Waals surface area contributed by atoms with E-state index in [0.717, 1.165) is 0 Å². The molecular formula is C10H21NO2. The largest absolute Gasteiger partial charge is 0.372 e. The van der Waals surface area contributed by atoms with Crippen LogP contribution in [0.25, 0.3) is 0 Å². The molecule has 0 fully saturated rings. The standard InChI is InChI=1S/C10H21NO2/c1-7(2)8(3)11(5)10(12)9(4)13-6/h7-9H,1-6H3. The van der Waals surface area contributed by atoms with Gasteiger partial charge in [-0.25, -0.2) is 0 Å². The van der Waals surface area contributed by atoms with Gasteiger partial charge in [0.1, 0.15) is 6.10 Å². The van der Waals surface area contributed by atoms with Gasteiger partial charge in [0.15, 0.2) is 0 Å². The van der Waals surface area contributed by atoms with E-state index in [1.165, 1.54) is 0 Å². The quantitative estimate of drug-likeness (QED) is 0.668. The van der Waals surface area contributed by atoms with Crippen molar-refractivity contribution >= 4 is 5.91 Å². The smallest absolute Gasteiger partial charge is 0.251 e. The van der Waals surface area contributed by atoms with Gasteiger partial charge >= 0.3 is 0 Å². The zero-order valence-corrected chi connectivity index (χ0v) is 9.50. The van der Waals surface area contributed by atoms with Gasteiger partial charge in [-0.05, 0) is 19.8 Å². The highest BCUT2D eigenvalue weighted by atomic mass is 16.5. The molecule has 2 unspecified atom stereocenters. The molecule has 0 aromatic rings. The summed E-state index contributed by atoms with van der Waals surface area (Å²) in [6, 6.07) is 0.255. The molecule has 0 spiro atoms. The molecule has 0 N–H and O–H groups in total. The third kappa shape index (κ3) is 3.35. The van der Waals surface area contributed by atoms with Gasteiger partial charge in [-0.3, -0.25) is 4.79 Å². The molecule has 0 aliphatic carbocycles. The Morgan fingerprint density at radius 1 is 1.23 bits per heavy atom. The van der Waals surface area contributed by atoms with Crippen LogP contribution in [0, 0.1) is 5.92 Å². The predicted octanol–water partition coefficient (Wildman–Crippen LogP) is 1.52. The summed E-state index contributed by atoms with van der Waals surface area (Å²) in [5, 5.41) is 0. The Labute approximate surface area is 81.1 Å². The van der Waals surface area contributed by atoms with Gasteiger partial charge in [-0.15, -0.1) is 0 Å². The highest BCUT2D eigenvalue weighted by Crippen LogP contribution is 2.09. The molecule has 3 nitrogen and oxygen atoms in total. The van der Waals surface area contributed by atoms with Crippen LogP contribution in [0.1, 0.15) is 27.7 Å². The zero-order valence-electron chi connectivity index (χ0n) is 9.50. The minimum atomic E-state index is -0.341. The predicted molar refractivity (Wildman–Crippen MR) is 53.5 cm³/mol. The third-order valence-electron chi connectivity index (χ3n) is 2.62. The maximum Gasteiger partial charge on any atom is 0.251 e. The number of ether oxygens (including phenoxy) is 1. The summed E-state index contributed by atoms with van der Waals surface area (Å²) < 4.78 is 4.97. The second-order valence-electron chi connectivity index (χ2n) is 3.81. The Kier molecular flexibility index (Phi) is 4.99. The first-order valence-electron chi connectivity index (χ1n) is 4.71. The van der Waals surface area contributed by atoms with E-state index < -0.39 is 0 Å². The average Bonchev–Trinajstić information content (AvgIpc) is 2.12. The van der Waals surface area contributed by atoms with Crippen LogP contribution in [0.2, 0.25) is 0 Å². The van der Waals surface area contributed by atoms with Crippen LogP contribution < -0.4 is 0 Å². The van der Waals surface area contributed by atoms with Crippen LogP contribution in [-0.2, 0) is 9.53 Å². The van der Waals surface area contributed by atoms with Crippen LogP contribution in [-0.4, -0.2) is 37.1 Å². The first-order valence-corrected chi connectivity index (χ1v) is 4.71. The SMILES string of the molecule is COC(C)C(=O)N(C)C(C)C(C)C. The fourth-order valence-corrected chi connectivity index (χ4v) is 1.04. The molecule has 0 bridgehead atoms. The number of amides is 1. The molecule has 0 rings (SSSR count). The van der Waals surface area contributed by atoms with E-state index in [0.29, 0.717) is 5.92 Å². The lowest BCUT2D eigenvalue weighted by Gasteiger charge is -2.29. The van der Waals surface area contributed by atoms with Gasteiger partial charge in [0.05, 0.1) is 0 Å². The van der Waals surface area contributed by atoms with Crippen molar-refractivity contribution in [3.05, 3.63) is 0 Å². The lowest BCUT2D eigenvalue weighted by atomic mass is 10.0. The highest BCUT2D eigenvalue weighted by molar-refractivity contribution is 5.80. The van der Waals surface area contributed by atoms with Crippen molar-refractivity contribution in [2.24, 2.45) is 5.92 Å². The molecule has 2 atom stereocenters. The monoisotopic (exact) mass is 187 g/mol. The van der Waals surface area contributed by atoms with Crippen molar-refractivity contribution in [3.63, 3.8) is 0 Å². The molecule has 0 radical (unpaired) electrons. The lowest BCUT2D eigenvalue weighted by molar-refractivity contribution is -0.142. The van der Waals surface area contributed by atoms with Gasteiger partial charge in [-0.2, -0.15) is 0 Å². The second kappa shape index (κ2) is 5.22. The molecule has 0 saturated heterocycles. The van der Waals surface area contributed by atoms with Crippen molar-refractivity contribution < 1.29 is 9.53 Å². The van der Waals surface area contributed by atoms with E-state index in [9.17, 15) is 4.79 Å². The third-order valence-corrected chi connectivity index (χ3v) is 2.62. The number of carbonyl (C=O) groups excluding carboxylic acids is 1. The molecule has 0 aromatic carbocycles. The summed E-state index contributed by atoms with van der Waals surface area (Å²) >= 11 is 0. The van der Waals surface area contributed by atoms with E-state index in [-0.39, 0.29) is 18.1 Å². The lowest BCUT2D eigenvalue weighted by Crippen LogP contribution is -2.43. The molecule has 13 heavy (non-hydrogen) atoms. The van der Waals surface area contributed by atoms with Crippen molar-refractivity contribution in [1.82, 2.24) is 4.90 Å². The maximum absolute atomic E-state index is 11.6. The minimum Gasteiger partial charge on any atom is -0.372 e. The van der Waals surface area contributed by atoms with Crippen LogP contribution in [0.15, 0.2) is 0 Å². The summed E-state index contributed by atoms with van der Waals surface area (Å²) in [5.74, 6) is 0.515. The van der Waals surface area contributed by atoms with E-state index in [4.69, 9.17) is 4.74 Å². The molecule has 0 saturated carbocycles. The molecule has 0 heterocycles. The van der Waals surface area contributed by atoms with E-state index >= 15 is 0 Å². The average molecular weight is 187 g/mol. The fourth-order valence-electron chi connectivity index (χ4n) is 1.04. The fraction of sp³-hybridized carbons (Fsp3) is 0.900.